The summed E-state index contributed by atoms with van der Waals surface area (Å²) in [7, 11) is 1.93. The summed E-state index contributed by atoms with van der Waals surface area (Å²) in [6.45, 7) is 7.06. The normalized spacial score (nSPS) is 14.9. The van der Waals surface area contributed by atoms with E-state index in [0.717, 1.165) is 48.6 Å². The molecule has 0 aliphatic carbocycles. The van der Waals surface area contributed by atoms with Gasteiger partial charge in [0.25, 0.3) is 5.91 Å². The van der Waals surface area contributed by atoms with E-state index in [4.69, 9.17) is 0 Å². The number of rotatable bonds is 4. The van der Waals surface area contributed by atoms with Crippen molar-refractivity contribution in [2.24, 2.45) is 7.05 Å². The van der Waals surface area contributed by atoms with Crippen LogP contribution in [0.3, 0.4) is 0 Å². The lowest BCUT2D eigenvalue weighted by molar-refractivity contribution is 0.0930. The highest BCUT2D eigenvalue weighted by Gasteiger charge is 2.23. The molecular weight excluding hydrogens is 278 g/mol. The predicted octanol–water partition coefficient (Wildman–Crippen LogP) is 2.06. The fraction of sp³-hybridized carbons (Fsp3) is 0.562. The van der Waals surface area contributed by atoms with Gasteiger partial charge < -0.3 is 9.88 Å². The van der Waals surface area contributed by atoms with Crippen LogP contribution in [0.2, 0.25) is 0 Å². The van der Waals surface area contributed by atoms with Crippen LogP contribution in [-0.2, 0) is 20.0 Å². The molecule has 22 heavy (non-hydrogen) atoms. The maximum absolute atomic E-state index is 12.5. The molecule has 0 fully saturated rings. The minimum atomic E-state index is -0.101. The first-order valence-corrected chi connectivity index (χ1v) is 7.88. The van der Waals surface area contributed by atoms with Gasteiger partial charge in [0.15, 0.2) is 0 Å². The monoisotopic (exact) mass is 301 g/mol. The van der Waals surface area contributed by atoms with Crippen LogP contribution in [0, 0.1) is 13.8 Å². The van der Waals surface area contributed by atoms with Crippen molar-refractivity contribution < 1.29 is 4.79 Å². The van der Waals surface area contributed by atoms with Gasteiger partial charge in [-0.15, -0.1) is 0 Å². The zero-order valence-electron chi connectivity index (χ0n) is 13.7. The van der Waals surface area contributed by atoms with Crippen molar-refractivity contribution in [1.82, 2.24) is 24.6 Å². The molecule has 0 aromatic carbocycles. The summed E-state index contributed by atoms with van der Waals surface area (Å²) in [5, 5.41) is 7.56. The molecule has 3 heterocycles. The largest absolute Gasteiger partial charge is 0.344 e. The van der Waals surface area contributed by atoms with E-state index in [0.29, 0.717) is 5.69 Å². The third kappa shape index (κ3) is 2.42. The lowest BCUT2D eigenvalue weighted by Crippen LogP contribution is -2.29. The van der Waals surface area contributed by atoms with Crippen molar-refractivity contribution >= 4 is 5.91 Å². The summed E-state index contributed by atoms with van der Waals surface area (Å²) in [4.78, 5) is 17.0. The lowest BCUT2D eigenvalue weighted by atomic mass is 10.0. The molecule has 6 heteroatoms. The molecule has 1 aliphatic rings. The fourth-order valence-corrected chi connectivity index (χ4v) is 3.27. The Morgan fingerprint density at radius 2 is 2.23 bits per heavy atom. The van der Waals surface area contributed by atoms with E-state index in [1.54, 1.807) is 0 Å². The predicted molar refractivity (Wildman–Crippen MR) is 83.7 cm³/mol. The van der Waals surface area contributed by atoms with Gasteiger partial charge in [-0.05, 0) is 26.7 Å². The van der Waals surface area contributed by atoms with E-state index in [1.165, 1.54) is 0 Å². The SMILES string of the molecule is CCC(NC(=O)c1cn2c(n1)CCC2)c1c(C)nn(C)c1C. The topological polar surface area (TPSA) is 64.7 Å². The van der Waals surface area contributed by atoms with Gasteiger partial charge in [0.1, 0.15) is 11.5 Å². The van der Waals surface area contributed by atoms with Crippen molar-refractivity contribution in [2.45, 2.75) is 52.6 Å². The Hall–Kier alpha value is -2.11. The second-order valence-corrected chi connectivity index (χ2v) is 5.98. The number of nitrogens with zero attached hydrogens (tertiary/aromatic N) is 4. The fourth-order valence-electron chi connectivity index (χ4n) is 3.27. The summed E-state index contributed by atoms with van der Waals surface area (Å²) in [5.41, 5.74) is 3.70. The Labute approximate surface area is 130 Å². The smallest absolute Gasteiger partial charge is 0.271 e. The van der Waals surface area contributed by atoms with Gasteiger partial charge in [0.05, 0.1) is 11.7 Å². The number of carbonyl (C=O) groups excluding carboxylic acids is 1. The van der Waals surface area contributed by atoms with Crippen LogP contribution in [-0.4, -0.2) is 25.2 Å². The molecular formula is C16H23N5O. The minimum Gasteiger partial charge on any atom is -0.344 e. The van der Waals surface area contributed by atoms with Crippen molar-refractivity contribution in [3.63, 3.8) is 0 Å². The molecule has 0 spiro atoms. The van der Waals surface area contributed by atoms with Crippen molar-refractivity contribution in [3.8, 4) is 0 Å². The molecule has 1 unspecified atom stereocenters. The highest BCUT2D eigenvalue weighted by Crippen LogP contribution is 2.24. The van der Waals surface area contributed by atoms with Crippen LogP contribution in [0.4, 0.5) is 0 Å². The molecule has 0 bridgehead atoms. The van der Waals surface area contributed by atoms with E-state index in [9.17, 15) is 4.79 Å². The third-order valence-corrected chi connectivity index (χ3v) is 4.52. The molecule has 6 nitrogen and oxygen atoms in total. The Bertz CT molecular complexity index is 691. The average molecular weight is 301 g/mol. The molecule has 3 rings (SSSR count). The molecule has 1 amide bonds. The number of imidazole rings is 1. The number of hydrogen-bond donors (Lipinski definition) is 1. The molecule has 118 valence electrons. The Morgan fingerprint density at radius 1 is 1.45 bits per heavy atom. The number of fused-ring (bicyclic) bond motifs is 1. The van der Waals surface area contributed by atoms with E-state index >= 15 is 0 Å². The molecule has 2 aromatic heterocycles. The molecule has 1 N–H and O–H groups in total. The highest BCUT2D eigenvalue weighted by atomic mass is 16.2. The van der Waals surface area contributed by atoms with Crippen LogP contribution >= 0.6 is 0 Å². The van der Waals surface area contributed by atoms with Crippen LogP contribution in [0.1, 0.15) is 59.1 Å². The zero-order valence-corrected chi connectivity index (χ0v) is 13.7. The Balaban J connectivity index is 1.81. The van der Waals surface area contributed by atoms with E-state index in [2.05, 4.69) is 26.9 Å². The van der Waals surface area contributed by atoms with Gasteiger partial charge in [-0.1, -0.05) is 6.92 Å². The van der Waals surface area contributed by atoms with Gasteiger partial charge in [0.2, 0.25) is 0 Å². The molecule has 1 atom stereocenters. The molecule has 1 aliphatic heterocycles. The van der Waals surface area contributed by atoms with Crippen molar-refractivity contribution in [1.29, 1.82) is 0 Å². The zero-order chi connectivity index (χ0) is 15.9. The van der Waals surface area contributed by atoms with Gasteiger partial charge in [0, 0.05) is 37.5 Å². The number of carbonyl (C=O) groups is 1. The highest BCUT2D eigenvalue weighted by molar-refractivity contribution is 5.92. The number of aryl methyl sites for hydroxylation is 4. The molecule has 0 saturated heterocycles. The summed E-state index contributed by atoms with van der Waals surface area (Å²) in [5.74, 6) is 0.920. The summed E-state index contributed by atoms with van der Waals surface area (Å²) in [6.07, 6.45) is 4.78. The minimum absolute atomic E-state index is 0.0299. The van der Waals surface area contributed by atoms with Gasteiger partial charge in [-0.25, -0.2) is 4.98 Å². The van der Waals surface area contributed by atoms with E-state index in [-0.39, 0.29) is 11.9 Å². The molecule has 0 saturated carbocycles. The first kappa shape index (κ1) is 14.8. The standard InChI is InChI=1S/C16H23N5O/c1-5-12(15-10(2)19-20(4)11(15)3)18-16(22)13-9-21-8-6-7-14(21)17-13/h9,12H,5-8H2,1-4H3,(H,18,22). The van der Waals surface area contributed by atoms with E-state index in [1.807, 2.05) is 31.8 Å². The summed E-state index contributed by atoms with van der Waals surface area (Å²) >= 11 is 0. The average Bonchev–Trinajstić information content (AvgIpc) is 3.12. The quantitative estimate of drug-likeness (QED) is 0.940. The van der Waals surface area contributed by atoms with Crippen LogP contribution < -0.4 is 5.32 Å². The summed E-state index contributed by atoms with van der Waals surface area (Å²) in [6, 6.07) is -0.0299. The summed E-state index contributed by atoms with van der Waals surface area (Å²) < 4.78 is 3.95. The maximum Gasteiger partial charge on any atom is 0.271 e. The van der Waals surface area contributed by atoms with Gasteiger partial charge >= 0.3 is 0 Å². The number of nitrogens with one attached hydrogen (secondary N) is 1. The van der Waals surface area contributed by atoms with Crippen molar-refractivity contribution in [2.75, 3.05) is 0 Å². The van der Waals surface area contributed by atoms with Crippen LogP contribution in [0.15, 0.2) is 6.20 Å². The maximum atomic E-state index is 12.5. The van der Waals surface area contributed by atoms with Gasteiger partial charge in [-0.2, -0.15) is 5.10 Å². The molecule has 2 aromatic rings. The second kappa shape index (κ2) is 5.59. The first-order valence-electron chi connectivity index (χ1n) is 7.88. The third-order valence-electron chi connectivity index (χ3n) is 4.52. The molecule has 0 radical (unpaired) electrons. The number of amides is 1. The van der Waals surface area contributed by atoms with Crippen molar-refractivity contribution in [3.05, 3.63) is 34.7 Å². The number of aromatic nitrogens is 4. The van der Waals surface area contributed by atoms with E-state index < -0.39 is 0 Å². The number of hydrogen-bond acceptors (Lipinski definition) is 3. The second-order valence-electron chi connectivity index (χ2n) is 5.98. The Morgan fingerprint density at radius 3 is 2.82 bits per heavy atom. The first-order chi connectivity index (χ1) is 10.5. The van der Waals surface area contributed by atoms with Crippen LogP contribution in [0.5, 0.6) is 0 Å². The lowest BCUT2D eigenvalue weighted by Gasteiger charge is -2.17. The van der Waals surface area contributed by atoms with Gasteiger partial charge in [-0.3, -0.25) is 9.48 Å². The Kier molecular flexibility index (Phi) is 3.76. The van der Waals surface area contributed by atoms with Crippen LogP contribution in [0.25, 0.3) is 0 Å².